The van der Waals surface area contributed by atoms with Gasteiger partial charge in [-0.05, 0) is 132 Å². The van der Waals surface area contributed by atoms with Crippen molar-refractivity contribution in [3.05, 3.63) is 216 Å². The Morgan fingerprint density at radius 3 is 1.60 bits per heavy atom. The van der Waals surface area contributed by atoms with E-state index in [2.05, 4.69) is 194 Å². The van der Waals surface area contributed by atoms with Crippen molar-refractivity contribution >= 4 is 64.6 Å². The highest BCUT2D eigenvalue weighted by Crippen LogP contribution is 2.66. The fourth-order valence-electron chi connectivity index (χ4n) is 10.9. The highest BCUT2D eigenvalue weighted by atomic mass is 14.5. The van der Waals surface area contributed by atoms with E-state index in [1.54, 1.807) is 0 Å². The molecule has 0 saturated heterocycles. The van der Waals surface area contributed by atoms with E-state index in [1.165, 1.54) is 120 Å². The van der Waals surface area contributed by atoms with E-state index in [1.807, 2.05) is 0 Å². The van der Waals surface area contributed by atoms with Gasteiger partial charge in [-0.15, -0.1) is 0 Å². The molecule has 2 aliphatic rings. The minimum Gasteiger partial charge on any atom is -0.0619 e. The first-order valence-electron chi connectivity index (χ1n) is 19.4. The lowest BCUT2D eigenvalue weighted by atomic mass is 9.68. The summed E-state index contributed by atoms with van der Waals surface area (Å²) in [5.41, 5.74) is 13.0. The SMILES string of the molecule is c1ccc2c(c1)-c1ccccc1C21c2c(ccc3ccccc23)-c2c1c1ccc(-c3cc4ccc5ccccc5c4c4ccccc34)cc1c1ccccc21. The van der Waals surface area contributed by atoms with E-state index in [0.717, 1.165) is 0 Å². The van der Waals surface area contributed by atoms with Crippen LogP contribution >= 0.6 is 0 Å². The second-order valence-corrected chi connectivity index (χ2v) is 15.5. The molecule has 55 heavy (non-hydrogen) atoms. The van der Waals surface area contributed by atoms with Crippen molar-refractivity contribution in [3.8, 4) is 33.4 Å². The lowest BCUT2D eigenvalue weighted by Crippen LogP contribution is -2.26. The fourth-order valence-corrected chi connectivity index (χ4v) is 10.9. The molecule has 11 aromatic rings. The van der Waals surface area contributed by atoms with Crippen LogP contribution in [0.3, 0.4) is 0 Å². The van der Waals surface area contributed by atoms with Gasteiger partial charge in [-0.1, -0.05) is 182 Å². The molecule has 0 radical (unpaired) electrons. The minimum absolute atomic E-state index is 0.473. The molecule has 13 rings (SSSR count). The van der Waals surface area contributed by atoms with E-state index < -0.39 is 5.41 Å². The van der Waals surface area contributed by atoms with Crippen LogP contribution in [0.1, 0.15) is 22.3 Å². The molecule has 0 fully saturated rings. The Morgan fingerprint density at radius 1 is 0.273 bits per heavy atom. The number of hydrogen-bond donors (Lipinski definition) is 0. The molecule has 0 bridgehead atoms. The summed E-state index contributed by atoms with van der Waals surface area (Å²) >= 11 is 0. The first kappa shape index (κ1) is 29.4. The molecule has 0 unspecified atom stereocenters. The first-order valence-corrected chi connectivity index (χ1v) is 19.4. The molecular formula is C55H32. The van der Waals surface area contributed by atoms with Crippen molar-refractivity contribution in [3.63, 3.8) is 0 Å². The molecule has 0 N–H and O–H groups in total. The Morgan fingerprint density at radius 2 is 0.836 bits per heavy atom. The Labute approximate surface area is 318 Å². The molecule has 0 nitrogen and oxygen atoms in total. The third-order valence-electron chi connectivity index (χ3n) is 13.0. The molecule has 11 aromatic carbocycles. The maximum Gasteiger partial charge on any atom is 0.0737 e. The van der Waals surface area contributed by atoms with Gasteiger partial charge >= 0.3 is 0 Å². The summed E-state index contributed by atoms with van der Waals surface area (Å²) < 4.78 is 0. The number of hydrogen-bond acceptors (Lipinski definition) is 0. The summed E-state index contributed by atoms with van der Waals surface area (Å²) in [6.45, 7) is 0. The minimum atomic E-state index is -0.473. The zero-order chi connectivity index (χ0) is 35.8. The molecule has 0 heterocycles. The Balaban J connectivity index is 1.19. The van der Waals surface area contributed by atoms with Crippen LogP contribution in [0.15, 0.2) is 194 Å². The van der Waals surface area contributed by atoms with Gasteiger partial charge in [0.1, 0.15) is 0 Å². The number of benzene rings is 11. The Kier molecular flexibility index (Phi) is 5.65. The second kappa shape index (κ2) is 10.6. The normalized spacial score (nSPS) is 13.6. The van der Waals surface area contributed by atoms with Crippen LogP contribution in [0, 0.1) is 0 Å². The fraction of sp³-hybridized carbons (Fsp3) is 0.0182. The smallest absolute Gasteiger partial charge is 0.0619 e. The highest BCUT2D eigenvalue weighted by molar-refractivity contribution is 6.25. The van der Waals surface area contributed by atoms with Crippen LogP contribution in [-0.4, -0.2) is 0 Å². The predicted octanol–water partition coefficient (Wildman–Crippen LogP) is 14.6. The van der Waals surface area contributed by atoms with E-state index >= 15 is 0 Å². The maximum atomic E-state index is 2.49. The average molecular weight is 693 g/mol. The first-order chi connectivity index (χ1) is 27.3. The van der Waals surface area contributed by atoms with Gasteiger partial charge in [-0.2, -0.15) is 0 Å². The molecule has 0 heteroatoms. The molecule has 0 amide bonds. The molecule has 1 spiro atoms. The van der Waals surface area contributed by atoms with Gasteiger partial charge in [-0.25, -0.2) is 0 Å². The molecule has 2 aliphatic carbocycles. The van der Waals surface area contributed by atoms with E-state index in [0.29, 0.717) is 0 Å². The van der Waals surface area contributed by atoms with Gasteiger partial charge in [-0.3, -0.25) is 0 Å². The third-order valence-corrected chi connectivity index (χ3v) is 13.0. The predicted molar refractivity (Wildman–Crippen MR) is 233 cm³/mol. The third kappa shape index (κ3) is 3.62. The van der Waals surface area contributed by atoms with Crippen molar-refractivity contribution in [2.75, 3.05) is 0 Å². The van der Waals surface area contributed by atoms with Crippen molar-refractivity contribution in [1.82, 2.24) is 0 Å². The topological polar surface area (TPSA) is 0 Å². The monoisotopic (exact) mass is 692 g/mol. The van der Waals surface area contributed by atoms with Crippen LogP contribution < -0.4 is 0 Å². The quantitative estimate of drug-likeness (QED) is 0.150. The van der Waals surface area contributed by atoms with E-state index in [-0.39, 0.29) is 0 Å². The molecular weight excluding hydrogens is 661 g/mol. The van der Waals surface area contributed by atoms with Gasteiger partial charge in [0.15, 0.2) is 0 Å². The summed E-state index contributed by atoms with van der Waals surface area (Å²) in [6, 6.07) is 73.4. The lowest BCUT2D eigenvalue weighted by molar-refractivity contribution is 0.809. The standard InChI is InChI=1S/C55H32/c1-3-15-37-33(13-1)25-26-36-32-47(39-17-5-7-21-43(39)51(36)37)35-28-29-45-48(31-35)40-18-6-8-22-44(40)52-46-30-27-34-14-2-4-16-38(34)53(46)55(54(45)52)49-23-11-9-19-41(49)42-20-10-12-24-50(42)55/h1-32H. The average Bonchev–Trinajstić information content (AvgIpc) is 3.74. The van der Waals surface area contributed by atoms with Gasteiger partial charge in [0.05, 0.1) is 5.41 Å². The van der Waals surface area contributed by atoms with Crippen molar-refractivity contribution in [2.45, 2.75) is 5.41 Å². The van der Waals surface area contributed by atoms with Crippen LogP contribution in [0.2, 0.25) is 0 Å². The van der Waals surface area contributed by atoms with E-state index in [4.69, 9.17) is 0 Å². The number of rotatable bonds is 1. The summed E-state index contributed by atoms with van der Waals surface area (Å²) in [5, 5.41) is 15.6. The summed E-state index contributed by atoms with van der Waals surface area (Å²) in [7, 11) is 0. The highest BCUT2D eigenvalue weighted by Gasteiger charge is 2.53. The van der Waals surface area contributed by atoms with Crippen LogP contribution in [0.4, 0.5) is 0 Å². The van der Waals surface area contributed by atoms with Gasteiger partial charge < -0.3 is 0 Å². The molecule has 0 aliphatic heterocycles. The van der Waals surface area contributed by atoms with Crippen LogP contribution in [0.5, 0.6) is 0 Å². The van der Waals surface area contributed by atoms with E-state index in [9.17, 15) is 0 Å². The van der Waals surface area contributed by atoms with Crippen molar-refractivity contribution in [2.24, 2.45) is 0 Å². The van der Waals surface area contributed by atoms with Crippen LogP contribution in [0.25, 0.3) is 98.0 Å². The second-order valence-electron chi connectivity index (χ2n) is 15.5. The van der Waals surface area contributed by atoms with Gasteiger partial charge in [0.2, 0.25) is 0 Å². The summed E-state index contributed by atoms with van der Waals surface area (Å²) in [4.78, 5) is 0. The van der Waals surface area contributed by atoms with Gasteiger partial charge in [0.25, 0.3) is 0 Å². The zero-order valence-corrected chi connectivity index (χ0v) is 30.0. The summed E-state index contributed by atoms with van der Waals surface area (Å²) in [5.74, 6) is 0. The summed E-state index contributed by atoms with van der Waals surface area (Å²) in [6.07, 6.45) is 0. The van der Waals surface area contributed by atoms with Crippen molar-refractivity contribution < 1.29 is 0 Å². The molecule has 0 saturated carbocycles. The largest absolute Gasteiger partial charge is 0.0737 e. The van der Waals surface area contributed by atoms with Gasteiger partial charge in [0, 0.05) is 0 Å². The molecule has 0 aromatic heterocycles. The molecule has 0 atom stereocenters. The van der Waals surface area contributed by atoms with Crippen molar-refractivity contribution in [1.29, 1.82) is 0 Å². The maximum absolute atomic E-state index is 2.49. The lowest BCUT2D eigenvalue weighted by Gasteiger charge is -2.32. The number of fused-ring (bicyclic) bond motifs is 22. The zero-order valence-electron chi connectivity index (χ0n) is 30.0. The van der Waals surface area contributed by atoms with Crippen LogP contribution in [-0.2, 0) is 5.41 Å². The Hall–Kier alpha value is -7.02. The Bertz CT molecular complexity index is 3440. The molecule has 252 valence electrons.